The van der Waals surface area contributed by atoms with E-state index in [2.05, 4.69) is 47.2 Å². The van der Waals surface area contributed by atoms with Gasteiger partial charge in [0.25, 0.3) is 0 Å². The average Bonchev–Trinajstić information content (AvgIpc) is 2.74. The third kappa shape index (κ3) is 5.68. The predicted octanol–water partition coefficient (Wildman–Crippen LogP) is 4.19. The lowest BCUT2D eigenvalue weighted by molar-refractivity contribution is -0.155. The van der Waals surface area contributed by atoms with Crippen LogP contribution in [-0.2, 0) is 16.1 Å². The normalized spacial score (nSPS) is 11.2. The van der Waals surface area contributed by atoms with Crippen LogP contribution in [0.3, 0.4) is 0 Å². The molecule has 0 saturated carbocycles. The van der Waals surface area contributed by atoms with Crippen molar-refractivity contribution >= 4 is 59.6 Å². The van der Waals surface area contributed by atoms with E-state index in [9.17, 15) is 14.4 Å². The van der Waals surface area contributed by atoms with Gasteiger partial charge in [0.2, 0.25) is 10.9 Å². The van der Waals surface area contributed by atoms with E-state index in [0.29, 0.717) is 20.9 Å². The Bertz CT molecular complexity index is 1410. The molecule has 4 aromatic rings. The van der Waals surface area contributed by atoms with Gasteiger partial charge in [-0.05, 0) is 76.9 Å². The predicted molar refractivity (Wildman–Crippen MR) is 130 cm³/mol. The first-order valence-electron chi connectivity index (χ1n) is 9.57. The van der Waals surface area contributed by atoms with Crippen molar-refractivity contribution < 1.29 is 9.53 Å². The number of ether oxygens (including phenoxy) is 1. The fraction of sp³-hybridized carbons (Fsp3) is 0.227. The molecule has 2 heterocycles. The van der Waals surface area contributed by atoms with E-state index in [1.165, 1.54) is 4.68 Å². The van der Waals surface area contributed by atoms with Gasteiger partial charge in [-0.2, -0.15) is 10.2 Å². The molecule has 1 N–H and O–H groups in total. The van der Waals surface area contributed by atoms with Crippen molar-refractivity contribution in [3.63, 3.8) is 0 Å². The highest BCUT2D eigenvalue weighted by Crippen LogP contribution is 2.13. The van der Waals surface area contributed by atoms with Crippen LogP contribution in [-0.4, -0.2) is 31.5 Å². The van der Waals surface area contributed by atoms with E-state index in [4.69, 9.17) is 4.74 Å². The lowest BCUT2D eigenvalue weighted by Crippen LogP contribution is -2.28. The molecule has 10 heteroatoms. The topological polar surface area (TPSA) is 107 Å². The lowest BCUT2D eigenvalue weighted by Gasteiger charge is -2.20. The number of carbonyl (C=O) groups excluding carboxylic acids is 1. The SMILES string of the molecule is CC(C)(C)OC(=O)Cn1nc(Br)c(=O)c2ccccc21.O=c1c(Br)n[nH]c2ccccc12. The second-order valence-corrected chi connectivity index (χ2v) is 9.27. The third-order valence-electron chi connectivity index (χ3n) is 4.16. The van der Waals surface area contributed by atoms with Crippen molar-refractivity contribution in [2.75, 3.05) is 0 Å². The van der Waals surface area contributed by atoms with Crippen LogP contribution in [0.5, 0.6) is 0 Å². The zero-order valence-electron chi connectivity index (χ0n) is 17.6. The summed E-state index contributed by atoms with van der Waals surface area (Å²) in [5.74, 6) is -0.397. The van der Waals surface area contributed by atoms with Crippen molar-refractivity contribution in [1.82, 2.24) is 20.0 Å². The Kier molecular flexibility index (Phi) is 7.25. The summed E-state index contributed by atoms with van der Waals surface area (Å²) in [6.07, 6.45) is 0. The van der Waals surface area contributed by atoms with Gasteiger partial charge in [0, 0.05) is 5.39 Å². The highest BCUT2D eigenvalue weighted by molar-refractivity contribution is 9.10. The maximum atomic E-state index is 12.0. The molecule has 166 valence electrons. The number of rotatable bonds is 2. The summed E-state index contributed by atoms with van der Waals surface area (Å²) >= 11 is 6.18. The largest absolute Gasteiger partial charge is 0.459 e. The number of nitrogens with one attached hydrogen (secondary N) is 1. The fourth-order valence-electron chi connectivity index (χ4n) is 2.87. The number of halogens is 2. The van der Waals surface area contributed by atoms with Crippen molar-refractivity contribution in [1.29, 1.82) is 0 Å². The molecule has 0 radical (unpaired) electrons. The van der Waals surface area contributed by atoms with Crippen molar-refractivity contribution in [2.24, 2.45) is 0 Å². The monoisotopic (exact) mass is 562 g/mol. The van der Waals surface area contributed by atoms with Crippen molar-refractivity contribution in [3.05, 3.63) is 78.2 Å². The number of carbonyl (C=O) groups is 1. The van der Waals surface area contributed by atoms with E-state index >= 15 is 0 Å². The number of hydrogen-bond acceptors (Lipinski definition) is 6. The Morgan fingerprint density at radius 3 is 2.25 bits per heavy atom. The number of aromatic nitrogens is 4. The molecule has 0 saturated heterocycles. The third-order valence-corrected chi connectivity index (χ3v) is 5.21. The molecule has 4 rings (SSSR count). The summed E-state index contributed by atoms with van der Waals surface area (Å²) in [5, 5.41) is 11.8. The highest BCUT2D eigenvalue weighted by Gasteiger charge is 2.18. The van der Waals surface area contributed by atoms with Gasteiger partial charge in [0.05, 0.1) is 16.4 Å². The van der Waals surface area contributed by atoms with E-state index in [1.807, 2.05) is 18.2 Å². The van der Waals surface area contributed by atoms with E-state index in [0.717, 1.165) is 5.52 Å². The number of nitrogens with zero attached hydrogens (tertiary/aromatic N) is 3. The summed E-state index contributed by atoms with van der Waals surface area (Å²) in [4.78, 5) is 35.2. The van der Waals surface area contributed by atoms with Crippen LogP contribution in [0.4, 0.5) is 0 Å². The van der Waals surface area contributed by atoms with Crippen molar-refractivity contribution in [2.45, 2.75) is 32.9 Å². The molecule has 0 amide bonds. The minimum atomic E-state index is -0.552. The molecule has 0 atom stereocenters. The first-order valence-corrected chi connectivity index (χ1v) is 11.2. The molecule has 2 aromatic heterocycles. The number of fused-ring (bicyclic) bond motifs is 2. The van der Waals surface area contributed by atoms with Crippen LogP contribution in [0.15, 0.2) is 67.3 Å². The summed E-state index contributed by atoms with van der Waals surface area (Å²) in [5.41, 5.74) is 0.533. The molecule has 32 heavy (non-hydrogen) atoms. The minimum absolute atomic E-state index is 0.0450. The van der Waals surface area contributed by atoms with Gasteiger partial charge in [-0.15, -0.1) is 0 Å². The number of H-pyrrole nitrogens is 1. The Hall–Kier alpha value is -2.85. The minimum Gasteiger partial charge on any atom is -0.459 e. The Balaban J connectivity index is 0.000000204. The molecule has 2 aromatic carbocycles. The number of esters is 1. The summed E-state index contributed by atoms with van der Waals surface area (Å²) < 4.78 is 7.24. The number of hydrogen-bond donors (Lipinski definition) is 1. The summed E-state index contributed by atoms with van der Waals surface area (Å²) in [7, 11) is 0. The fourth-order valence-corrected chi connectivity index (χ4v) is 3.58. The second kappa shape index (κ2) is 9.74. The quantitative estimate of drug-likeness (QED) is 0.366. The van der Waals surface area contributed by atoms with E-state index in [1.54, 1.807) is 51.1 Å². The molecule has 0 unspecified atom stereocenters. The van der Waals surface area contributed by atoms with Gasteiger partial charge < -0.3 is 4.74 Å². The highest BCUT2D eigenvalue weighted by atomic mass is 79.9. The molecule has 0 spiro atoms. The van der Waals surface area contributed by atoms with Crippen LogP contribution in [0.2, 0.25) is 0 Å². The molecule has 0 aliphatic heterocycles. The van der Waals surface area contributed by atoms with Crippen LogP contribution < -0.4 is 10.9 Å². The summed E-state index contributed by atoms with van der Waals surface area (Å²) in [6, 6.07) is 14.3. The molecule has 0 fully saturated rings. The van der Waals surface area contributed by atoms with Gasteiger partial charge in [0.15, 0.2) is 9.21 Å². The van der Waals surface area contributed by atoms with E-state index < -0.39 is 11.6 Å². The second-order valence-electron chi connectivity index (χ2n) is 7.77. The van der Waals surface area contributed by atoms with E-state index in [-0.39, 0.29) is 22.0 Å². The van der Waals surface area contributed by atoms with Gasteiger partial charge >= 0.3 is 5.97 Å². The Labute approximate surface area is 199 Å². The molecule has 0 aliphatic carbocycles. The first-order chi connectivity index (χ1) is 15.1. The van der Waals surface area contributed by atoms with Crippen LogP contribution in [0.25, 0.3) is 21.8 Å². The number of aromatic amines is 1. The van der Waals surface area contributed by atoms with Crippen molar-refractivity contribution in [3.8, 4) is 0 Å². The molecular formula is C22H20Br2N4O4. The number of benzene rings is 2. The lowest BCUT2D eigenvalue weighted by atomic mass is 10.2. The summed E-state index contributed by atoms with van der Waals surface area (Å²) in [6.45, 7) is 5.37. The van der Waals surface area contributed by atoms with Gasteiger partial charge in [-0.1, -0.05) is 24.3 Å². The zero-order chi connectivity index (χ0) is 23.5. The first kappa shape index (κ1) is 23.8. The maximum Gasteiger partial charge on any atom is 0.328 e. The molecule has 0 bridgehead atoms. The van der Waals surface area contributed by atoms with Crippen LogP contribution in [0, 0.1) is 0 Å². The van der Waals surface area contributed by atoms with Gasteiger partial charge in [-0.25, -0.2) is 0 Å². The van der Waals surface area contributed by atoms with Gasteiger partial charge in [0.1, 0.15) is 12.1 Å². The molecule has 0 aliphatic rings. The van der Waals surface area contributed by atoms with Gasteiger partial charge in [-0.3, -0.25) is 24.2 Å². The number of para-hydroxylation sites is 2. The van der Waals surface area contributed by atoms with Crippen LogP contribution >= 0.6 is 31.9 Å². The average molecular weight is 564 g/mol. The molecule has 8 nitrogen and oxygen atoms in total. The standard InChI is InChI=1S/C14H15BrN2O3.C8H5BrN2O/c1-14(2,3)20-11(18)8-17-10-7-5-4-6-9(10)12(19)13(15)16-17;9-8-7(12)5-3-1-2-4-6(5)10-11-8/h4-7H,8H2,1-3H3;1-4H,(H,10,12). The smallest absolute Gasteiger partial charge is 0.328 e. The molecular weight excluding hydrogens is 544 g/mol. The maximum absolute atomic E-state index is 12.0. The van der Waals surface area contributed by atoms with Crippen LogP contribution in [0.1, 0.15) is 20.8 Å². The Morgan fingerprint density at radius 1 is 0.969 bits per heavy atom. The zero-order valence-corrected chi connectivity index (χ0v) is 20.7. The Morgan fingerprint density at radius 2 is 1.56 bits per heavy atom.